The van der Waals surface area contributed by atoms with Crippen molar-refractivity contribution in [3.8, 4) is 0 Å². The minimum absolute atomic E-state index is 0.127. The van der Waals surface area contributed by atoms with Crippen LogP contribution in [0.25, 0.3) is 11.0 Å². The van der Waals surface area contributed by atoms with E-state index in [4.69, 9.17) is 19.4 Å². The molecule has 11 heteroatoms. The largest absolute Gasteiger partial charge is 0.338 e. The van der Waals surface area contributed by atoms with Gasteiger partial charge in [-0.3, -0.25) is 13.9 Å². The Morgan fingerprint density at radius 3 is 2.54 bits per heavy atom. The molecule has 132 valence electrons. The molecule has 1 N–H and O–H groups in total. The fourth-order valence-electron chi connectivity index (χ4n) is 2.44. The third-order valence-corrected chi connectivity index (χ3v) is 4.22. The topological polar surface area (TPSA) is 81.8 Å². The molecule has 0 saturated heterocycles. The highest BCUT2D eigenvalue weighted by atomic mass is 35.5. The van der Waals surface area contributed by atoms with Crippen LogP contribution in [0.1, 0.15) is 12.2 Å². The molecule has 0 spiro atoms. The van der Waals surface area contributed by atoms with Gasteiger partial charge in [0.1, 0.15) is 19.1 Å². The van der Waals surface area contributed by atoms with Gasteiger partial charge in [0.2, 0.25) is 0 Å². The normalized spacial score (nSPS) is 11.3. The second-order valence-electron chi connectivity index (χ2n) is 5.47. The minimum atomic E-state index is -3.00. The molecule has 3 rings (SSSR count). The van der Waals surface area contributed by atoms with E-state index in [1.165, 1.54) is 14.1 Å². The van der Waals surface area contributed by atoms with Crippen molar-refractivity contribution in [2.75, 3.05) is 5.32 Å². The Labute approximate surface area is 151 Å². The quantitative estimate of drug-likeness (QED) is 0.693. The minimum Gasteiger partial charge on any atom is -0.338 e. The van der Waals surface area contributed by atoms with E-state index in [2.05, 4.69) is 15.3 Å². The van der Waals surface area contributed by atoms with Gasteiger partial charge in [-0.25, -0.2) is 23.5 Å². The zero-order chi connectivity index (χ0) is 19.2. The van der Waals surface area contributed by atoms with Gasteiger partial charge in [-0.1, -0.05) is 29.2 Å². The van der Waals surface area contributed by atoms with Crippen LogP contribution in [0.5, 0.6) is 0 Å². The summed E-state index contributed by atoms with van der Waals surface area (Å²) >= 11 is 6.11. The number of nitrogens with zero attached hydrogens (tertiary/aromatic N) is 4. The number of nitrogens with one attached hydrogen (secondary N) is 1. The number of alkyl halides is 2. The first-order valence-electron chi connectivity index (χ1n) is 7.29. The van der Waals surface area contributed by atoms with Crippen LogP contribution in [0.4, 0.5) is 20.3 Å². The molecular formula is C15H11BClF2N5O2. The molecule has 0 atom stereocenters. The molecule has 2 heterocycles. The van der Waals surface area contributed by atoms with Gasteiger partial charge in [-0.2, -0.15) is 0 Å². The average molecular weight is 378 g/mol. The molecule has 0 bridgehead atoms. The molecule has 7 nitrogen and oxygen atoms in total. The van der Waals surface area contributed by atoms with Gasteiger partial charge >= 0.3 is 5.69 Å². The summed E-state index contributed by atoms with van der Waals surface area (Å²) < 4.78 is 28.2. The molecule has 2 aromatic heterocycles. The summed E-state index contributed by atoms with van der Waals surface area (Å²) in [5.41, 5.74) is -1.13. The number of aromatic nitrogens is 4. The average Bonchev–Trinajstić information content (AvgIpc) is 2.61. The zero-order valence-electron chi connectivity index (χ0n) is 13.6. The van der Waals surface area contributed by atoms with E-state index >= 15 is 0 Å². The summed E-state index contributed by atoms with van der Waals surface area (Å²) in [7, 11) is 8.32. The Balaban J connectivity index is 2.38. The molecule has 26 heavy (non-hydrogen) atoms. The van der Waals surface area contributed by atoms with Gasteiger partial charge in [0.05, 0.1) is 10.7 Å². The summed E-state index contributed by atoms with van der Waals surface area (Å²) in [6.45, 7) is 0. The fraction of sp³-hybridized carbons (Fsp3) is 0.200. The van der Waals surface area contributed by atoms with Crippen molar-refractivity contribution >= 4 is 47.4 Å². The van der Waals surface area contributed by atoms with E-state index in [9.17, 15) is 18.4 Å². The van der Waals surface area contributed by atoms with Gasteiger partial charge in [0.25, 0.3) is 12.0 Å². The number of hydrogen-bond acceptors (Lipinski definition) is 5. The van der Waals surface area contributed by atoms with Gasteiger partial charge in [-0.05, 0) is 6.07 Å². The van der Waals surface area contributed by atoms with Crippen molar-refractivity contribution < 1.29 is 8.78 Å². The highest BCUT2D eigenvalue weighted by Crippen LogP contribution is 2.27. The van der Waals surface area contributed by atoms with Crippen LogP contribution in [-0.2, 0) is 14.1 Å². The summed E-state index contributed by atoms with van der Waals surface area (Å²) in [4.78, 5) is 32.0. The Morgan fingerprint density at radius 2 is 1.88 bits per heavy atom. The Hall–Kier alpha value is -2.75. The molecule has 1 aromatic carbocycles. The number of aryl methyl sites for hydroxylation is 1. The monoisotopic (exact) mass is 377 g/mol. The Kier molecular flexibility index (Phi) is 4.53. The molecule has 0 saturated carbocycles. The number of hydrogen-bond donors (Lipinski definition) is 1. The summed E-state index contributed by atoms with van der Waals surface area (Å²) in [6, 6.07) is 4.69. The number of rotatable bonds is 3. The van der Waals surface area contributed by atoms with Gasteiger partial charge in [-0.15, -0.1) is 0 Å². The van der Waals surface area contributed by atoms with E-state index in [-0.39, 0.29) is 33.0 Å². The van der Waals surface area contributed by atoms with Crippen LogP contribution in [0.2, 0.25) is 5.02 Å². The van der Waals surface area contributed by atoms with Crippen LogP contribution < -0.4 is 22.0 Å². The maximum Gasteiger partial charge on any atom is 0.332 e. The second kappa shape index (κ2) is 6.52. The van der Waals surface area contributed by atoms with Crippen molar-refractivity contribution in [1.82, 2.24) is 19.1 Å². The molecule has 0 unspecified atom stereocenters. The van der Waals surface area contributed by atoms with E-state index in [0.717, 1.165) is 9.13 Å². The van der Waals surface area contributed by atoms with Crippen LogP contribution in [0.15, 0.2) is 27.8 Å². The van der Waals surface area contributed by atoms with Crippen molar-refractivity contribution in [3.05, 3.63) is 49.9 Å². The van der Waals surface area contributed by atoms with Crippen LogP contribution in [0, 0.1) is 0 Å². The zero-order valence-corrected chi connectivity index (χ0v) is 14.4. The lowest BCUT2D eigenvalue weighted by molar-refractivity contribution is 0.141. The second-order valence-corrected chi connectivity index (χ2v) is 5.85. The van der Waals surface area contributed by atoms with E-state index in [0.29, 0.717) is 0 Å². The highest BCUT2D eigenvalue weighted by molar-refractivity contribution is 6.46. The van der Waals surface area contributed by atoms with E-state index in [1.807, 2.05) is 0 Å². The standard InChI is InChI=1S/C15H11BClF2N5O2/c1-23-13-8(14(25)24(2)15(23)26)11(21-12(22-13)10(18)19)20-7-5-3-4-6(16)9(7)17/h3-5,10H,1-2H3,(H,20,21,22). The number of fused-ring (bicyclic) bond motifs is 1. The van der Waals surface area contributed by atoms with Crippen molar-refractivity contribution in [1.29, 1.82) is 0 Å². The number of benzene rings is 1. The Bertz CT molecular complexity index is 1150. The predicted octanol–water partition coefficient (Wildman–Crippen LogP) is 1.16. The molecule has 0 aliphatic carbocycles. The number of halogens is 3. The summed E-state index contributed by atoms with van der Waals surface area (Å²) in [6.07, 6.45) is -3.00. The first-order chi connectivity index (χ1) is 12.2. The SMILES string of the molecule is [B]c1cccc(Nc2nc(C(F)F)nc3c2c(=O)n(C)c(=O)n3C)c1Cl. The third kappa shape index (κ3) is 2.86. The van der Waals surface area contributed by atoms with Crippen LogP contribution in [0.3, 0.4) is 0 Å². The molecule has 3 aromatic rings. The first kappa shape index (κ1) is 18.1. The van der Waals surface area contributed by atoms with Crippen molar-refractivity contribution in [2.45, 2.75) is 6.43 Å². The maximum absolute atomic E-state index is 13.2. The lowest BCUT2D eigenvalue weighted by atomic mass is 9.96. The molecule has 0 aliphatic heterocycles. The smallest absolute Gasteiger partial charge is 0.332 e. The molecule has 0 fully saturated rings. The van der Waals surface area contributed by atoms with E-state index in [1.54, 1.807) is 18.2 Å². The lowest BCUT2D eigenvalue weighted by Crippen LogP contribution is -2.38. The summed E-state index contributed by atoms with van der Waals surface area (Å²) in [5, 5.41) is 2.75. The highest BCUT2D eigenvalue weighted by Gasteiger charge is 2.21. The van der Waals surface area contributed by atoms with Crippen molar-refractivity contribution in [3.63, 3.8) is 0 Å². The molecule has 0 aliphatic rings. The summed E-state index contributed by atoms with van der Waals surface area (Å²) in [5.74, 6) is -1.03. The van der Waals surface area contributed by atoms with Crippen molar-refractivity contribution in [2.24, 2.45) is 14.1 Å². The molecule has 2 radical (unpaired) electrons. The van der Waals surface area contributed by atoms with Gasteiger partial charge < -0.3 is 5.32 Å². The first-order valence-corrected chi connectivity index (χ1v) is 7.67. The maximum atomic E-state index is 13.2. The van der Waals surface area contributed by atoms with Crippen LogP contribution in [-0.4, -0.2) is 26.9 Å². The van der Waals surface area contributed by atoms with Gasteiger partial charge in [0, 0.05) is 14.1 Å². The fourth-order valence-corrected chi connectivity index (χ4v) is 2.61. The predicted molar refractivity (Wildman–Crippen MR) is 95.1 cm³/mol. The van der Waals surface area contributed by atoms with Crippen LogP contribution >= 0.6 is 11.6 Å². The van der Waals surface area contributed by atoms with E-state index < -0.39 is 23.5 Å². The third-order valence-electron chi connectivity index (χ3n) is 3.79. The van der Waals surface area contributed by atoms with Gasteiger partial charge in [0.15, 0.2) is 11.5 Å². The lowest BCUT2D eigenvalue weighted by Gasteiger charge is -2.14. The molecular weight excluding hydrogens is 366 g/mol. The molecule has 0 amide bonds. The number of anilines is 2. The Morgan fingerprint density at radius 1 is 1.19 bits per heavy atom.